The monoisotopic (exact) mass is 417 g/mol. The van der Waals surface area contributed by atoms with E-state index in [0.29, 0.717) is 19.0 Å². The Labute approximate surface area is 173 Å². The second-order valence-corrected chi connectivity index (χ2v) is 10.6. The van der Waals surface area contributed by atoms with Gasteiger partial charge in [-0.1, -0.05) is 29.8 Å². The van der Waals surface area contributed by atoms with Crippen molar-refractivity contribution < 1.29 is 13.2 Å². The van der Waals surface area contributed by atoms with E-state index < -0.39 is 9.84 Å². The molecule has 1 aromatic carbocycles. The number of hydrogen-bond acceptors (Lipinski definition) is 5. The Hall–Kier alpha value is -1.70. The Kier molecular flexibility index (Phi) is 6.08. The molecule has 0 unspecified atom stereocenters. The highest BCUT2D eigenvalue weighted by Gasteiger charge is 2.33. The molecule has 1 saturated carbocycles. The van der Waals surface area contributed by atoms with Gasteiger partial charge in [0.1, 0.15) is 0 Å². The second kappa shape index (κ2) is 8.58. The number of imidazole rings is 1. The summed E-state index contributed by atoms with van der Waals surface area (Å²) < 4.78 is 33.6. The third kappa shape index (κ3) is 5.27. The van der Waals surface area contributed by atoms with Crippen LogP contribution in [0.3, 0.4) is 0 Å². The number of ether oxygens (including phenoxy) is 1. The molecule has 1 aromatic heterocycles. The largest absolute Gasteiger partial charge is 0.376 e. The maximum atomic E-state index is 13.0. The van der Waals surface area contributed by atoms with E-state index in [0.717, 1.165) is 44.5 Å². The molecule has 6 nitrogen and oxygen atoms in total. The predicted molar refractivity (Wildman–Crippen MR) is 112 cm³/mol. The zero-order valence-electron chi connectivity index (χ0n) is 17.4. The molecule has 0 amide bonds. The van der Waals surface area contributed by atoms with Crippen LogP contribution in [0.25, 0.3) is 0 Å². The van der Waals surface area contributed by atoms with Crippen molar-refractivity contribution in [1.29, 1.82) is 0 Å². The number of benzene rings is 1. The summed E-state index contributed by atoms with van der Waals surface area (Å²) >= 11 is 0. The molecule has 1 atom stereocenters. The van der Waals surface area contributed by atoms with Gasteiger partial charge in [-0.3, -0.25) is 4.90 Å². The lowest BCUT2D eigenvalue weighted by atomic mass is 10.1. The van der Waals surface area contributed by atoms with Crippen molar-refractivity contribution in [3.63, 3.8) is 0 Å². The van der Waals surface area contributed by atoms with E-state index >= 15 is 0 Å². The SMILES string of the molecule is Cc1ccc(CN(C)Cc2cnc(S(=O)(=O)CC3CC3)n2C[C@H]2CCCO2)cc1. The van der Waals surface area contributed by atoms with Gasteiger partial charge in [-0.15, -0.1) is 0 Å². The molecular weight excluding hydrogens is 386 g/mol. The molecule has 1 aliphatic heterocycles. The van der Waals surface area contributed by atoms with Gasteiger partial charge in [0.15, 0.2) is 0 Å². The Morgan fingerprint density at radius 3 is 2.59 bits per heavy atom. The summed E-state index contributed by atoms with van der Waals surface area (Å²) in [5.41, 5.74) is 3.42. The summed E-state index contributed by atoms with van der Waals surface area (Å²) in [7, 11) is -1.31. The van der Waals surface area contributed by atoms with Gasteiger partial charge in [-0.25, -0.2) is 13.4 Å². The van der Waals surface area contributed by atoms with Crippen LogP contribution in [0.15, 0.2) is 35.6 Å². The fraction of sp³-hybridized carbons (Fsp3) is 0.591. The maximum Gasteiger partial charge on any atom is 0.227 e. The molecule has 158 valence electrons. The minimum Gasteiger partial charge on any atom is -0.376 e. The van der Waals surface area contributed by atoms with Gasteiger partial charge in [0.2, 0.25) is 15.0 Å². The normalized spacial score (nSPS) is 19.9. The van der Waals surface area contributed by atoms with Crippen molar-refractivity contribution in [1.82, 2.24) is 14.5 Å². The zero-order chi connectivity index (χ0) is 20.4. The van der Waals surface area contributed by atoms with Gasteiger partial charge in [0, 0.05) is 19.7 Å². The molecule has 1 saturated heterocycles. The molecule has 0 spiro atoms. The van der Waals surface area contributed by atoms with Crippen LogP contribution < -0.4 is 0 Å². The van der Waals surface area contributed by atoms with Crippen molar-refractivity contribution in [2.75, 3.05) is 19.4 Å². The van der Waals surface area contributed by atoms with Crippen LogP contribution in [0.2, 0.25) is 0 Å². The average Bonchev–Trinajstić information content (AvgIpc) is 3.15. The van der Waals surface area contributed by atoms with Crippen molar-refractivity contribution in [3.05, 3.63) is 47.3 Å². The number of nitrogens with zero attached hydrogens (tertiary/aromatic N) is 3. The highest BCUT2D eigenvalue weighted by Crippen LogP contribution is 2.32. The fourth-order valence-corrected chi connectivity index (χ4v) is 5.80. The van der Waals surface area contributed by atoms with E-state index in [-0.39, 0.29) is 17.0 Å². The van der Waals surface area contributed by atoms with Crippen LogP contribution in [0.4, 0.5) is 0 Å². The molecule has 2 aromatic rings. The van der Waals surface area contributed by atoms with E-state index in [1.165, 1.54) is 11.1 Å². The Morgan fingerprint density at radius 2 is 1.93 bits per heavy atom. The van der Waals surface area contributed by atoms with Crippen LogP contribution in [0.5, 0.6) is 0 Å². The number of rotatable bonds is 9. The molecule has 29 heavy (non-hydrogen) atoms. The third-order valence-corrected chi connectivity index (χ3v) is 7.54. The predicted octanol–water partition coefficient (Wildman–Crippen LogP) is 3.19. The van der Waals surface area contributed by atoms with Gasteiger partial charge in [-0.05, 0) is 51.1 Å². The molecule has 1 aliphatic carbocycles. The molecule has 2 fully saturated rings. The van der Waals surface area contributed by atoms with Crippen molar-refractivity contribution in [2.45, 2.75) is 63.5 Å². The summed E-state index contributed by atoms with van der Waals surface area (Å²) in [5.74, 6) is 0.523. The van der Waals surface area contributed by atoms with E-state index in [9.17, 15) is 8.42 Å². The van der Waals surface area contributed by atoms with Gasteiger partial charge in [-0.2, -0.15) is 0 Å². The van der Waals surface area contributed by atoms with E-state index in [1.54, 1.807) is 6.20 Å². The summed E-state index contributed by atoms with van der Waals surface area (Å²) in [4.78, 5) is 6.57. The van der Waals surface area contributed by atoms with E-state index in [2.05, 4.69) is 48.1 Å². The summed E-state index contributed by atoms with van der Waals surface area (Å²) in [5, 5.41) is 0.221. The number of aromatic nitrogens is 2. The lowest BCUT2D eigenvalue weighted by Gasteiger charge is -2.20. The molecular formula is C22H31N3O3S. The van der Waals surface area contributed by atoms with Gasteiger partial charge in [0.25, 0.3) is 0 Å². The molecule has 0 N–H and O–H groups in total. The van der Waals surface area contributed by atoms with Gasteiger partial charge < -0.3 is 9.30 Å². The quantitative estimate of drug-likeness (QED) is 0.627. The van der Waals surface area contributed by atoms with Crippen LogP contribution in [-0.4, -0.2) is 48.4 Å². The number of hydrogen-bond donors (Lipinski definition) is 0. The Morgan fingerprint density at radius 1 is 1.17 bits per heavy atom. The smallest absolute Gasteiger partial charge is 0.227 e. The first kappa shape index (κ1) is 20.6. The van der Waals surface area contributed by atoms with Gasteiger partial charge >= 0.3 is 0 Å². The maximum absolute atomic E-state index is 13.0. The minimum atomic E-state index is -3.37. The molecule has 2 heterocycles. The first-order valence-electron chi connectivity index (χ1n) is 10.5. The second-order valence-electron chi connectivity index (χ2n) is 8.66. The standard InChI is InChI=1S/C22H31N3O3S/c1-17-5-7-18(8-6-17)13-24(2)14-20-12-23-22(29(26,27)16-19-9-10-19)25(20)15-21-4-3-11-28-21/h5-8,12,19,21H,3-4,9-11,13-16H2,1-2H3/t21-/m1/s1. The Bertz CT molecular complexity index is 927. The van der Waals surface area contributed by atoms with Crippen molar-refractivity contribution >= 4 is 9.84 Å². The molecule has 2 aliphatic rings. The highest BCUT2D eigenvalue weighted by atomic mass is 32.2. The van der Waals surface area contributed by atoms with Crippen molar-refractivity contribution in [2.24, 2.45) is 5.92 Å². The van der Waals surface area contributed by atoms with Crippen LogP contribution >= 0.6 is 0 Å². The topological polar surface area (TPSA) is 64.4 Å². The third-order valence-electron chi connectivity index (χ3n) is 5.75. The van der Waals surface area contributed by atoms with Crippen LogP contribution in [0.1, 0.15) is 42.5 Å². The Balaban J connectivity index is 1.53. The summed E-state index contributed by atoms with van der Waals surface area (Å²) in [6.07, 6.45) is 5.83. The molecule has 4 rings (SSSR count). The van der Waals surface area contributed by atoms with Crippen LogP contribution in [-0.2, 0) is 34.2 Å². The molecule has 0 radical (unpaired) electrons. The van der Waals surface area contributed by atoms with E-state index in [4.69, 9.17) is 4.74 Å². The summed E-state index contributed by atoms with van der Waals surface area (Å²) in [6.45, 7) is 4.85. The lowest BCUT2D eigenvalue weighted by Crippen LogP contribution is -2.25. The highest BCUT2D eigenvalue weighted by molar-refractivity contribution is 7.91. The van der Waals surface area contributed by atoms with E-state index in [1.807, 2.05) is 4.57 Å². The number of sulfone groups is 1. The number of aryl methyl sites for hydroxylation is 1. The average molecular weight is 418 g/mol. The van der Waals surface area contributed by atoms with Gasteiger partial charge in [0.05, 0.1) is 30.3 Å². The first-order valence-corrected chi connectivity index (χ1v) is 12.2. The minimum absolute atomic E-state index is 0.0697. The van der Waals surface area contributed by atoms with Crippen LogP contribution in [0, 0.1) is 12.8 Å². The fourth-order valence-electron chi connectivity index (χ4n) is 3.96. The summed E-state index contributed by atoms with van der Waals surface area (Å²) in [6, 6.07) is 8.52. The lowest BCUT2D eigenvalue weighted by molar-refractivity contribution is 0.0934. The molecule has 7 heteroatoms. The first-order chi connectivity index (χ1) is 13.9. The molecule has 0 bridgehead atoms. The zero-order valence-corrected chi connectivity index (χ0v) is 18.2. The van der Waals surface area contributed by atoms with Crippen molar-refractivity contribution in [3.8, 4) is 0 Å².